The van der Waals surface area contributed by atoms with E-state index in [1.165, 1.54) is 47.4 Å². The Morgan fingerprint density at radius 2 is 1.92 bits per heavy atom. The average molecular weight is 563 g/mol. The van der Waals surface area contributed by atoms with Gasteiger partial charge in [0.1, 0.15) is 22.4 Å². The van der Waals surface area contributed by atoms with Crippen molar-refractivity contribution in [2.45, 2.75) is 35.8 Å². The van der Waals surface area contributed by atoms with Crippen LogP contribution in [0.1, 0.15) is 34.6 Å². The number of carboxylic acids is 1. The normalized spacial score (nSPS) is 14.7. The summed E-state index contributed by atoms with van der Waals surface area (Å²) in [6.07, 6.45) is -3.85. The lowest BCUT2D eigenvalue weighted by molar-refractivity contribution is -0.139. The molecule has 13 heteroatoms. The first-order valence-electron chi connectivity index (χ1n) is 11.6. The highest BCUT2D eigenvalue weighted by molar-refractivity contribution is 7.98. The van der Waals surface area contributed by atoms with Crippen LogP contribution in [0.2, 0.25) is 0 Å². The van der Waals surface area contributed by atoms with E-state index in [-0.39, 0.29) is 23.0 Å². The van der Waals surface area contributed by atoms with Crippen LogP contribution in [0.4, 0.5) is 18.3 Å². The number of carboxylic acid groups (broad SMARTS) is 1. The number of halogens is 3. The lowest BCUT2D eigenvalue weighted by atomic mass is 10.1. The highest BCUT2D eigenvalue weighted by Crippen LogP contribution is 2.37. The summed E-state index contributed by atoms with van der Waals surface area (Å²) in [5.41, 5.74) is -0.603. The summed E-state index contributed by atoms with van der Waals surface area (Å²) in [4.78, 5) is 38.3. The van der Waals surface area contributed by atoms with Gasteiger partial charge < -0.3 is 19.7 Å². The standard InChI is InChI=1S/C25H21F3N4O4S2/c26-25(27,28)17-6-1-2-7-18(17)36-15-8-10-32(11-9-15)24-31-21-20(38-24)22(33)30-19(29-21)13-37-16-5-3-4-14(12-16)23(34)35/h1-7,12,15H,8-11,13H2,(H,34,35)(H,29,30,33). The van der Waals surface area contributed by atoms with E-state index in [1.54, 1.807) is 18.2 Å². The largest absolute Gasteiger partial charge is 0.490 e. The van der Waals surface area contributed by atoms with E-state index in [0.29, 0.717) is 53.0 Å². The number of nitrogens with zero attached hydrogens (tertiary/aromatic N) is 3. The van der Waals surface area contributed by atoms with Gasteiger partial charge in [-0.25, -0.2) is 9.78 Å². The van der Waals surface area contributed by atoms with Gasteiger partial charge in [0.05, 0.1) is 16.9 Å². The van der Waals surface area contributed by atoms with Crippen molar-refractivity contribution < 1.29 is 27.8 Å². The fourth-order valence-electron chi connectivity index (χ4n) is 4.09. The maximum Gasteiger partial charge on any atom is 0.419 e. The summed E-state index contributed by atoms with van der Waals surface area (Å²) in [6, 6.07) is 11.7. The van der Waals surface area contributed by atoms with Crippen molar-refractivity contribution in [2.75, 3.05) is 18.0 Å². The number of thiazole rings is 1. The minimum absolute atomic E-state index is 0.172. The summed E-state index contributed by atoms with van der Waals surface area (Å²) < 4.78 is 45.9. The summed E-state index contributed by atoms with van der Waals surface area (Å²) >= 11 is 2.56. The molecule has 1 aliphatic rings. The van der Waals surface area contributed by atoms with Gasteiger partial charge in [-0.2, -0.15) is 18.2 Å². The van der Waals surface area contributed by atoms with Crippen LogP contribution in [0.15, 0.2) is 58.2 Å². The third kappa shape index (κ3) is 5.78. The van der Waals surface area contributed by atoms with Crippen molar-refractivity contribution in [3.63, 3.8) is 0 Å². The minimum atomic E-state index is -4.49. The molecule has 38 heavy (non-hydrogen) atoms. The molecule has 0 radical (unpaired) electrons. The number of carbonyl (C=O) groups is 1. The molecule has 3 heterocycles. The van der Waals surface area contributed by atoms with E-state index in [1.807, 2.05) is 4.90 Å². The van der Waals surface area contributed by atoms with E-state index in [4.69, 9.17) is 9.84 Å². The quantitative estimate of drug-likeness (QED) is 0.287. The first kappa shape index (κ1) is 26.0. The highest BCUT2D eigenvalue weighted by atomic mass is 32.2. The smallest absolute Gasteiger partial charge is 0.419 e. The van der Waals surface area contributed by atoms with Crippen molar-refractivity contribution in [3.8, 4) is 5.75 Å². The first-order valence-corrected chi connectivity index (χ1v) is 13.4. The number of aromatic nitrogens is 3. The number of piperidine rings is 1. The van der Waals surface area contributed by atoms with E-state index < -0.39 is 17.7 Å². The van der Waals surface area contributed by atoms with Crippen LogP contribution in [0.5, 0.6) is 5.75 Å². The lowest BCUT2D eigenvalue weighted by Crippen LogP contribution is -2.38. The first-order chi connectivity index (χ1) is 18.2. The van der Waals surface area contributed by atoms with Crippen LogP contribution >= 0.6 is 23.1 Å². The fraction of sp³-hybridized carbons (Fsp3) is 0.280. The predicted molar refractivity (Wildman–Crippen MR) is 138 cm³/mol. The molecule has 5 rings (SSSR count). The second kappa shape index (κ2) is 10.7. The highest BCUT2D eigenvalue weighted by Gasteiger charge is 2.35. The van der Waals surface area contributed by atoms with Crippen LogP contribution in [-0.4, -0.2) is 45.2 Å². The fourth-order valence-corrected chi connectivity index (χ4v) is 5.87. The van der Waals surface area contributed by atoms with E-state index in [0.717, 1.165) is 11.0 Å². The number of anilines is 1. The van der Waals surface area contributed by atoms with Crippen molar-refractivity contribution in [2.24, 2.45) is 0 Å². The number of benzene rings is 2. The molecule has 0 spiro atoms. The number of fused-ring (bicyclic) bond motifs is 1. The maximum atomic E-state index is 13.3. The molecule has 0 amide bonds. The Bertz CT molecular complexity index is 1530. The van der Waals surface area contributed by atoms with E-state index in [2.05, 4.69) is 15.0 Å². The van der Waals surface area contributed by atoms with E-state index >= 15 is 0 Å². The van der Waals surface area contributed by atoms with Gasteiger partial charge in [0, 0.05) is 30.8 Å². The zero-order valence-electron chi connectivity index (χ0n) is 19.7. The van der Waals surface area contributed by atoms with Crippen molar-refractivity contribution in [3.05, 3.63) is 75.8 Å². The topological polar surface area (TPSA) is 108 Å². The molecule has 8 nitrogen and oxygen atoms in total. The van der Waals surface area contributed by atoms with Gasteiger partial charge in [-0.05, 0) is 30.3 Å². The van der Waals surface area contributed by atoms with Crippen molar-refractivity contribution in [1.82, 2.24) is 15.0 Å². The van der Waals surface area contributed by atoms with E-state index in [9.17, 15) is 22.8 Å². The van der Waals surface area contributed by atoms with Crippen molar-refractivity contribution in [1.29, 1.82) is 0 Å². The Kier molecular flexibility index (Phi) is 7.30. The second-order valence-electron chi connectivity index (χ2n) is 8.58. The molecule has 1 saturated heterocycles. The number of hydrogen-bond donors (Lipinski definition) is 2. The molecule has 2 aromatic heterocycles. The van der Waals surface area contributed by atoms with Gasteiger partial charge in [0.25, 0.3) is 5.56 Å². The summed E-state index contributed by atoms with van der Waals surface area (Å²) in [5.74, 6) is -0.449. The van der Waals surface area contributed by atoms with Gasteiger partial charge in [0.2, 0.25) is 0 Å². The third-order valence-corrected chi connectivity index (χ3v) is 8.07. The van der Waals surface area contributed by atoms with Crippen LogP contribution in [0.3, 0.4) is 0 Å². The van der Waals surface area contributed by atoms with Crippen LogP contribution < -0.4 is 15.2 Å². The van der Waals surface area contributed by atoms with Crippen LogP contribution in [-0.2, 0) is 11.9 Å². The molecule has 2 N–H and O–H groups in total. The Morgan fingerprint density at radius 1 is 1.16 bits per heavy atom. The zero-order chi connectivity index (χ0) is 26.9. The average Bonchev–Trinajstić information content (AvgIpc) is 3.33. The molecule has 0 atom stereocenters. The van der Waals surface area contributed by atoms with Gasteiger partial charge in [-0.3, -0.25) is 4.79 Å². The monoisotopic (exact) mass is 562 g/mol. The number of ether oxygens (including phenoxy) is 1. The van der Waals surface area contributed by atoms with Gasteiger partial charge >= 0.3 is 12.1 Å². The Balaban J connectivity index is 1.24. The molecule has 198 valence electrons. The van der Waals surface area contributed by atoms with Gasteiger partial charge in [0.15, 0.2) is 10.8 Å². The SMILES string of the molecule is O=C(O)c1cccc(SCc2nc3nc(N4CCC(Oc5ccccc5C(F)(F)F)CC4)sc3c(=O)[nH]2)c1. The number of H-pyrrole nitrogens is 1. The third-order valence-electron chi connectivity index (χ3n) is 5.96. The second-order valence-corrected chi connectivity index (χ2v) is 10.6. The molecule has 0 unspecified atom stereocenters. The van der Waals surface area contributed by atoms with Gasteiger partial charge in [-0.1, -0.05) is 29.5 Å². The number of rotatable bonds is 7. The van der Waals surface area contributed by atoms with Gasteiger partial charge in [-0.15, -0.1) is 11.8 Å². The molecule has 1 aliphatic heterocycles. The number of aromatic carboxylic acids is 1. The molecular formula is C25H21F3N4O4S2. The lowest BCUT2D eigenvalue weighted by Gasteiger charge is -2.32. The summed E-state index contributed by atoms with van der Waals surface area (Å²) in [6.45, 7) is 1.03. The predicted octanol–water partition coefficient (Wildman–Crippen LogP) is 5.44. The summed E-state index contributed by atoms with van der Waals surface area (Å²) in [7, 11) is 0. The Labute approximate surface area is 222 Å². The number of hydrogen-bond acceptors (Lipinski definition) is 8. The Morgan fingerprint density at radius 3 is 2.66 bits per heavy atom. The number of aromatic amines is 1. The molecule has 0 bridgehead atoms. The van der Waals surface area contributed by atoms with Crippen LogP contribution in [0, 0.1) is 0 Å². The number of thioether (sulfide) groups is 1. The van der Waals surface area contributed by atoms with Crippen LogP contribution in [0.25, 0.3) is 10.3 Å². The molecule has 2 aromatic carbocycles. The molecule has 1 fully saturated rings. The molecule has 0 aliphatic carbocycles. The molecule has 0 saturated carbocycles. The zero-order valence-corrected chi connectivity index (χ0v) is 21.3. The number of nitrogens with one attached hydrogen (secondary N) is 1. The minimum Gasteiger partial charge on any atom is -0.490 e. The number of alkyl halides is 3. The molecular weight excluding hydrogens is 541 g/mol. The number of para-hydroxylation sites is 1. The Hall–Kier alpha value is -3.58. The summed E-state index contributed by atoms with van der Waals surface area (Å²) in [5, 5.41) is 9.77. The van der Waals surface area contributed by atoms with Crippen molar-refractivity contribution >= 4 is 44.5 Å². The molecule has 4 aromatic rings. The maximum absolute atomic E-state index is 13.3.